The molecule has 2 aromatic carbocycles. The van der Waals surface area contributed by atoms with Crippen LogP contribution in [0.2, 0.25) is 0 Å². The fourth-order valence-electron chi connectivity index (χ4n) is 3.07. The molecule has 1 heterocycles. The molecule has 0 aliphatic carbocycles. The van der Waals surface area contributed by atoms with Crippen LogP contribution in [0.4, 0.5) is 5.69 Å². The number of nitro groups is 1. The number of rotatable bonds is 4. The molecule has 0 radical (unpaired) electrons. The molecular formula is C19H21N3O3. The van der Waals surface area contributed by atoms with Crippen LogP contribution < -0.4 is 0 Å². The number of hydrogen-bond donors (Lipinski definition) is 0. The van der Waals surface area contributed by atoms with Gasteiger partial charge in [0.25, 0.3) is 11.6 Å². The molecule has 0 N–H and O–H groups in total. The maximum atomic E-state index is 12.6. The average molecular weight is 339 g/mol. The molecule has 0 atom stereocenters. The quantitative estimate of drug-likeness (QED) is 0.634. The van der Waals surface area contributed by atoms with E-state index in [-0.39, 0.29) is 11.6 Å². The summed E-state index contributed by atoms with van der Waals surface area (Å²) in [6.45, 7) is 5.41. The second kappa shape index (κ2) is 7.44. The maximum absolute atomic E-state index is 12.6. The largest absolute Gasteiger partial charge is 0.336 e. The summed E-state index contributed by atoms with van der Waals surface area (Å²) in [6, 6.07) is 14.9. The van der Waals surface area contributed by atoms with E-state index in [1.54, 1.807) is 24.0 Å². The zero-order valence-electron chi connectivity index (χ0n) is 14.2. The van der Waals surface area contributed by atoms with Crippen LogP contribution in [0.5, 0.6) is 0 Å². The number of hydrogen-bond acceptors (Lipinski definition) is 4. The van der Waals surface area contributed by atoms with Gasteiger partial charge in [0.1, 0.15) is 0 Å². The normalized spacial score (nSPS) is 15.2. The zero-order valence-corrected chi connectivity index (χ0v) is 14.2. The summed E-state index contributed by atoms with van der Waals surface area (Å²) in [4.78, 5) is 27.3. The molecule has 0 aromatic heterocycles. The van der Waals surface area contributed by atoms with E-state index < -0.39 is 4.92 Å². The summed E-state index contributed by atoms with van der Waals surface area (Å²) in [5.41, 5.74) is 2.20. The van der Waals surface area contributed by atoms with Crippen molar-refractivity contribution in [2.75, 3.05) is 26.2 Å². The van der Waals surface area contributed by atoms with Crippen molar-refractivity contribution in [2.45, 2.75) is 13.5 Å². The van der Waals surface area contributed by atoms with Crippen molar-refractivity contribution in [2.24, 2.45) is 0 Å². The molecule has 0 saturated carbocycles. The second-order valence-electron chi connectivity index (χ2n) is 6.31. The van der Waals surface area contributed by atoms with Gasteiger partial charge in [-0.1, -0.05) is 36.4 Å². The first-order chi connectivity index (χ1) is 12.0. The van der Waals surface area contributed by atoms with Crippen LogP contribution in [-0.2, 0) is 6.54 Å². The summed E-state index contributed by atoms with van der Waals surface area (Å²) < 4.78 is 0. The van der Waals surface area contributed by atoms with Gasteiger partial charge >= 0.3 is 0 Å². The van der Waals surface area contributed by atoms with Crippen LogP contribution in [0.25, 0.3) is 0 Å². The Bertz CT molecular complexity index is 769. The molecule has 25 heavy (non-hydrogen) atoms. The molecule has 1 saturated heterocycles. The summed E-state index contributed by atoms with van der Waals surface area (Å²) in [7, 11) is 0. The number of nitrogens with zero attached hydrogens (tertiary/aromatic N) is 3. The van der Waals surface area contributed by atoms with Crippen molar-refractivity contribution in [3.8, 4) is 0 Å². The van der Waals surface area contributed by atoms with Crippen molar-refractivity contribution in [1.29, 1.82) is 0 Å². The van der Waals surface area contributed by atoms with Crippen LogP contribution in [0.15, 0.2) is 48.5 Å². The third-order valence-corrected chi connectivity index (χ3v) is 4.56. The lowest BCUT2D eigenvalue weighted by Gasteiger charge is -2.34. The Kier molecular flexibility index (Phi) is 5.09. The lowest BCUT2D eigenvalue weighted by Crippen LogP contribution is -2.48. The molecule has 1 fully saturated rings. The molecule has 0 spiro atoms. The highest BCUT2D eigenvalue weighted by atomic mass is 16.6. The third kappa shape index (κ3) is 4.03. The van der Waals surface area contributed by atoms with E-state index in [1.165, 1.54) is 11.6 Å². The predicted molar refractivity (Wildman–Crippen MR) is 95.5 cm³/mol. The van der Waals surface area contributed by atoms with E-state index in [1.807, 2.05) is 18.2 Å². The van der Waals surface area contributed by atoms with Gasteiger partial charge in [-0.3, -0.25) is 19.8 Å². The summed E-state index contributed by atoms with van der Waals surface area (Å²) in [5.74, 6) is -0.137. The highest BCUT2D eigenvalue weighted by Crippen LogP contribution is 2.21. The molecule has 0 bridgehead atoms. The first-order valence-electron chi connectivity index (χ1n) is 8.35. The number of carbonyl (C=O) groups is 1. The molecule has 1 aliphatic rings. The van der Waals surface area contributed by atoms with Gasteiger partial charge in [0.05, 0.1) is 4.92 Å². The van der Waals surface area contributed by atoms with Crippen molar-refractivity contribution >= 4 is 11.6 Å². The number of piperazine rings is 1. The van der Waals surface area contributed by atoms with Gasteiger partial charge in [0.2, 0.25) is 0 Å². The first kappa shape index (κ1) is 17.1. The Morgan fingerprint density at radius 3 is 2.40 bits per heavy atom. The number of nitro benzene ring substituents is 1. The molecular weight excluding hydrogens is 318 g/mol. The Labute approximate surface area is 146 Å². The maximum Gasteiger partial charge on any atom is 0.273 e. The van der Waals surface area contributed by atoms with Gasteiger partial charge in [-0.15, -0.1) is 0 Å². The minimum Gasteiger partial charge on any atom is -0.336 e. The Hall–Kier alpha value is -2.73. The number of carbonyl (C=O) groups excluding carboxylic acids is 1. The fourth-order valence-corrected chi connectivity index (χ4v) is 3.07. The molecule has 130 valence electrons. The lowest BCUT2D eigenvalue weighted by atomic mass is 10.1. The van der Waals surface area contributed by atoms with E-state index in [0.29, 0.717) is 24.2 Å². The molecule has 1 amide bonds. The number of amides is 1. The molecule has 6 heteroatoms. The van der Waals surface area contributed by atoms with Gasteiger partial charge < -0.3 is 4.90 Å². The average Bonchev–Trinajstić information content (AvgIpc) is 2.63. The monoisotopic (exact) mass is 339 g/mol. The summed E-state index contributed by atoms with van der Waals surface area (Å²) >= 11 is 0. The van der Waals surface area contributed by atoms with Crippen LogP contribution in [0.3, 0.4) is 0 Å². The standard InChI is InChI=1S/C19H21N3O3/c1-15-7-8-17(13-18(15)22(24)25)19(23)21-11-9-20(10-12-21)14-16-5-3-2-4-6-16/h2-8,13H,9-12,14H2,1H3. The van der Waals surface area contributed by atoms with Crippen molar-refractivity contribution < 1.29 is 9.72 Å². The minimum absolute atomic E-state index is 0.00596. The van der Waals surface area contributed by atoms with E-state index in [2.05, 4.69) is 17.0 Å². The van der Waals surface area contributed by atoms with E-state index >= 15 is 0 Å². The highest BCUT2D eigenvalue weighted by molar-refractivity contribution is 5.95. The van der Waals surface area contributed by atoms with Crippen LogP contribution >= 0.6 is 0 Å². The third-order valence-electron chi connectivity index (χ3n) is 4.56. The van der Waals surface area contributed by atoms with Crippen LogP contribution in [0, 0.1) is 17.0 Å². The van der Waals surface area contributed by atoms with Gasteiger partial charge in [0.15, 0.2) is 0 Å². The van der Waals surface area contributed by atoms with Crippen molar-refractivity contribution in [3.05, 3.63) is 75.3 Å². The van der Waals surface area contributed by atoms with Gasteiger partial charge in [-0.25, -0.2) is 0 Å². The number of benzene rings is 2. The summed E-state index contributed by atoms with van der Waals surface area (Å²) in [5, 5.41) is 11.1. The van der Waals surface area contributed by atoms with Gasteiger partial charge in [-0.2, -0.15) is 0 Å². The fraction of sp³-hybridized carbons (Fsp3) is 0.316. The minimum atomic E-state index is -0.441. The second-order valence-corrected chi connectivity index (χ2v) is 6.31. The lowest BCUT2D eigenvalue weighted by molar-refractivity contribution is -0.385. The zero-order chi connectivity index (χ0) is 17.8. The molecule has 0 unspecified atom stereocenters. The van der Waals surface area contributed by atoms with Crippen LogP contribution in [0.1, 0.15) is 21.5 Å². The molecule has 2 aromatic rings. The van der Waals surface area contributed by atoms with Crippen LogP contribution in [-0.4, -0.2) is 46.8 Å². The Balaban J connectivity index is 1.62. The van der Waals surface area contributed by atoms with E-state index in [9.17, 15) is 14.9 Å². The first-order valence-corrected chi connectivity index (χ1v) is 8.35. The highest BCUT2D eigenvalue weighted by Gasteiger charge is 2.24. The molecule has 1 aliphatic heterocycles. The Morgan fingerprint density at radius 2 is 1.76 bits per heavy atom. The number of aryl methyl sites for hydroxylation is 1. The molecule has 3 rings (SSSR count). The van der Waals surface area contributed by atoms with Gasteiger partial charge in [-0.05, 0) is 18.6 Å². The smallest absolute Gasteiger partial charge is 0.273 e. The predicted octanol–water partition coefficient (Wildman–Crippen LogP) is 2.86. The molecule has 6 nitrogen and oxygen atoms in total. The van der Waals surface area contributed by atoms with Gasteiger partial charge in [0, 0.05) is 49.9 Å². The Morgan fingerprint density at radius 1 is 1.08 bits per heavy atom. The van der Waals surface area contributed by atoms with Crippen molar-refractivity contribution in [3.63, 3.8) is 0 Å². The van der Waals surface area contributed by atoms with E-state index in [4.69, 9.17) is 0 Å². The van der Waals surface area contributed by atoms with E-state index in [0.717, 1.165) is 19.6 Å². The summed E-state index contributed by atoms with van der Waals surface area (Å²) in [6.07, 6.45) is 0. The van der Waals surface area contributed by atoms with Crippen molar-refractivity contribution in [1.82, 2.24) is 9.80 Å². The topological polar surface area (TPSA) is 66.7 Å². The SMILES string of the molecule is Cc1ccc(C(=O)N2CCN(Cc3ccccc3)CC2)cc1[N+](=O)[O-].